The van der Waals surface area contributed by atoms with Gasteiger partial charge in [-0.1, -0.05) is 22.0 Å². The molecule has 0 saturated carbocycles. The van der Waals surface area contributed by atoms with Crippen LogP contribution in [0.1, 0.15) is 12.5 Å². The normalized spacial score (nSPS) is 15.3. The maximum Gasteiger partial charge on any atom is 0.237 e. The summed E-state index contributed by atoms with van der Waals surface area (Å²) in [6.45, 7) is 2.53. The van der Waals surface area contributed by atoms with Crippen molar-refractivity contribution in [2.45, 2.75) is 18.2 Å². The van der Waals surface area contributed by atoms with Gasteiger partial charge in [-0.05, 0) is 18.6 Å². The molecule has 3 nitrogen and oxygen atoms in total. The molecule has 0 saturated heterocycles. The summed E-state index contributed by atoms with van der Waals surface area (Å²) in [7, 11) is 0. The molecule has 1 heterocycles. The van der Waals surface area contributed by atoms with Gasteiger partial charge >= 0.3 is 0 Å². The Morgan fingerprint density at radius 2 is 2.40 bits per heavy atom. The van der Waals surface area contributed by atoms with Gasteiger partial charge in [0.25, 0.3) is 0 Å². The van der Waals surface area contributed by atoms with Crippen LogP contribution < -0.4 is 10.1 Å². The Labute approximate surface area is 96.9 Å². The van der Waals surface area contributed by atoms with Gasteiger partial charge in [0.2, 0.25) is 5.91 Å². The van der Waals surface area contributed by atoms with Gasteiger partial charge in [-0.15, -0.1) is 0 Å². The Hall–Kier alpha value is -1.03. The number of amides is 1. The van der Waals surface area contributed by atoms with Crippen LogP contribution >= 0.6 is 15.9 Å². The average molecular weight is 270 g/mol. The van der Waals surface area contributed by atoms with Crippen molar-refractivity contribution in [3.8, 4) is 5.75 Å². The smallest absolute Gasteiger partial charge is 0.237 e. The number of benzene rings is 1. The summed E-state index contributed by atoms with van der Waals surface area (Å²) in [5, 5.41) is 2.81. The molecule has 0 fully saturated rings. The summed E-state index contributed by atoms with van der Waals surface area (Å²) in [4.78, 5) is 11.2. The highest BCUT2D eigenvalue weighted by Crippen LogP contribution is 2.28. The van der Waals surface area contributed by atoms with E-state index < -0.39 is 0 Å². The number of fused-ring (bicyclic) bond motifs is 1. The molecule has 1 amide bonds. The van der Waals surface area contributed by atoms with Gasteiger partial charge in [0, 0.05) is 18.2 Å². The number of hydrogen-bond donors (Lipinski definition) is 1. The fourth-order valence-electron chi connectivity index (χ4n) is 1.49. The van der Waals surface area contributed by atoms with E-state index in [1.165, 1.54) is 5.56 Å². The molecule has 15 heavy (non-hydrogen) atoms. The molecule has 80 valence electrons. The third-order valence-corrected chi connectivity index (χ3v) is 2.74. The number of anilines is 1. The SMILES string of the molecule is C[C@@H](Br)C(=O)Nc1ccc2c(c1)OCC2. The lowest BCUT2D eigenvalue weighted by molar-refractivity contribution is -0.115. The molecular weight excluding hydrogens is 258 g/mol. The number of carbonyl (C=O) groups excluding carboxylic acids is 1. The number of carbonyl (C=O) groups is 1. The Bertz CT molecular complexity index is 390. The van der Waals surface area contributed by atoms with Crippen LogP contribution in [-0.2, 0) is 11.2 Å². The standard InChI is InChI=1S/C11H12BrNO2/c1-7(12)11(14)13-9-3-2-8-4-5-15-10(8)6-9/h2-3,6-7H,4-5H2,1H3,(H,13,14)/t7-/m1/s1. The van der Waals surface area contributed by atoms with Crippen LogP contribution in [0, 0.1) is 0 Å². The molecule has 1 aromatic carbocycles. The molecule has 0 unspecified atom stereocenters. The van der Waals surface area contributed by atoms with Crippen LogP contribution in [0.15, 0.2) is 18.2 Å². The van der Waals surface area contributed by atoms with Crippen molar-refractivity contribution in [3.63, 3.8) is 0 Å². The zero-order valence-electron chi connectivity index (χ0n) is 8.42. The Balaban J connectivity index is 2.13. The molecule has 2 rings (SSSR count). The number of rotatable bonds is 2. The van der Waals surface area contributed by atoms with Gasteiger partial charge in [0.1, 0.15) is 5.75 Å². The Kier molecular flexibility index (Phi) is 2.95. The van der Waals surface area contributed by atoms with Crippen LogP contribution in [0.5, 0.6) is 5.75 Å². The third kappa shape index (κ3) is 2.31. The van der Waals surface area contributed by atoms with Gasteiger partial charge < -0.3 is 10.1 Å². The molecule has 1 aliphatic rings. The van der Waals surface area contributed by atoms with Crippen LogP contribution in [0.2, 0.25) is 0 Å². The molecule has 0 bridgehead atoms. The maximum atomic E-state index is 11.4. The van der Waals surface area contributed by atoms with Crippen molar-refractivity contribution in [3.05, 3.63) is 23.8 Å². The minimum Gasteiger partial charge on any atom is -0.493 e. The van der Waals surface area contributed by atoms with Crippen LogP contribution in [0.4, 0.5) is 5.69 Å². The number of hydrogen-bond acceptors (Lipinski definition) is 2. The number of alkyl halides is 1. The molecule has 1 aromatic rings. The molecule has 0 spiro atoms. The monoisotopic (exact) mass is 269 g/mol. The summed E-state index contributed by atoms with van der Waals surface area (Å²) in [5.41, 5.74) is 1.99. The highest BCUT2D eigenvalue weighted by molar-refractivity contribution is 9.10. The van der Waals surface area contributed by atoms with E-state index in [-0.39, 0.29) is 10.7 Å². The van der Waals surface area contributed by atoms with Crippen molar-refractivity contribution in [2.75, 3.05) is 11.9 Å². The van der Waals surface area contributed by atoms with Crippen LogP contribution in [0.25, 0.3) is 0 Å². The second-order valence-electron chi connectivity index (χ2n) is 3.53. The predicted molar refractivity (Wildman–Crippen MR) is 62.7 cm³/mol. The fraction of sp³-hybridized carbons (Fsp3) is 0.364. The van der Waals surface area contributed by atoms with Crippen LogP contribution in [0.3, 0.4) is 0 Å². The van der Waals surface area contributed by atoms with Gasteiger partial charge in [0.15, 0.2) is 0 Å². The van der Waals surface area contributed by atoms with E-state index in [1.54, 1.807) is 6.92 Å². The van der Waals surface area contributed by atoms with Gasteiger partial charge in [-0.3, -0.25) is 4.79 Å². The average Bonchev–Trinajstić information content (AvgIpc) is 2.64. The lowest BCUT2D eigenvalue weighted by Crippen LogP contribution is -2.19. The summed E-state index contributed by atoms with van der Waals surface area (Å²) < 4.78 is 5.42. The zero-order chi connectivity index (χ0) is 10.8. The highest BCUT2D eigenvalue weighted by Gasteiger charge is 2.14. The van der Waals surface area contributed by atoms with Crippen molar-refractivity contribution < 1.29 is 9.53 Å². The third-order valence-electron chi connectivity index (χ3n) is 2.32. The zero-order valence-corrected chi connectivity index (χ0v) is 10.0. The molecule has 0 aromatic heterocycles. The number of nitrogens with one attached hydrogen (secondary N) is 1. The first kappa shape index (κ1) is 10.5. The first-order valence-corrected chi connectivity index (χ1v) is 5.79. The molecule has 0 aliphatic carbocycles. The van der Waals surface area contributed by atoms with Gasteiger partial charge in [0.05, 0.1) is 11.4 Å². The fourth-order valence-corrected chi connectivity index (χ4v) is 1.60. The van der Waals surface area contributed by atoms with E-state index in [2.05, 4.69) is 21.2 Å². The topological polar surface area (TPSA) is 38.3 Å². The highest BCUT2D eigenvalue weighted by atomic mass is 79.9. The van der Waals surface area contributed by atoms with E-state index >= 15 is 0 Å². The molecular formula is C11H12BrNO2. The molecule has 1 N–H and O–H groups in total. The minimum absolute atomic E-state index is 0.0482. The van der Waals surface area contributed by atoms with Crippen molar-refractivity contribution in [1.29, 1.82) is 0 Å². The quantitative estimate of drug-likeness (QED) is 0.838. The predicted octanol–water partition coefficient (Wildman–Crippen LogP) is 2.34. The summed E-state index contributed by atoms with van der Waals surface area (Å²) in [6.07, 6.45) is 0.957. The maximum absolute atomic E-state index is 11.4. The van der Waals surface area contributed by atoms with Crippen molar-refractivity contribution in [1.82, 2.24) is 0 Å². The summed E-state index contributed by atoms with van der Waals surface area (Å²) in [6, 6.07) is 5.77. The van der Waals surface area contributed by atoms with Crippen molar-refractivity contribution in [2.24, 2.45) is 0 Å². The number of ether oxygens (including phenoxy) is 1. The summed E-state index contributed by atoms with van der Waals surface area (Å²) >= 11 is 3.22. The van der Waals surface area contributed by atoms with Crippen molar-refractivity contribution >= 4 is 27.5 Å². The van der Waals surface area contributed by atoms with Gasteiger partial charge in [-0.25, -0.2) is 0 Å². The van der Waals surface area contributed by atoms with E-state index in [0.717, 1.165) is 24.5 Å². The van der Waals surface area contributed by atoms with Gasteiger partial charge in [-0.2, -0.15) is 0 Å². The molecule has 1 aliphatic heterocycles. The number of halogens is 1. The minimum atomic E-state index is -0.188. The second kappa shape index (κ2) is 4.23. The molecule has 1 atom stereocenters. The lowest BCUT2D eigenvalue weighted by atomic mass is 10.1. The molecule has 4 heteroatoms. The van der Waals surface area contributed by atoms with Crippen LogP contribution in [-0.4, -0.2) is 17.3 Å². The van der Waals surface area contributed by atoms with E-state index in [0.29, 0.717) is 0 Å². The Morgan fingerprint density at radius 1 is 1.60 bits per heavy atom. The lowest BCUT2D eigenvalue weighted by Gasteiger charge is -2.07. The second-order valence-corrected chi connectivity index (χ2v) is 4.90. The Morgan fingerprint density at radius 3 is 3.13 bits per heavy atom. The molecule has 0 radical (unpaired) electrons. The van der Waals surface area contributed by atoms with E-state index in [9.17, 15) is 4.79 Å². The summed E-state index contributed by atoms with van der Waals surface area (Å²) in [5.74, 6) is 0.836. The largest absolute Gasteiger partial charge is 0.493 e. The van der Waals surface area contributed by atoms with E-state index in [4.69, 9.17) is 4.74 Å². The first-order chi connectivity index (χ1) is 7.16. The first-order valence-electron chi connectivity index (χ1n) is 4.87. The van der Waals surface area contributed by atoms with E-state index in [1.807, 2.05) is 18.2 Å².